The lowest BCUT2D eigenvalue weighted by Crippen LogP contribution is -2.64. The van der Waals surface area contributed by atoms with Crippen LogP contribution in [0.5, 0.6) is 0 Å². The highest BCUT2D eigenvalue weighted by Gasteiger charge is 2.45. The number of hydrogen-bond acceptors (Lipinski definition) is 12. The quantitative estimate of drug-likeness (QED) is 0.149. The average molecular weight is 659 g/mol. The number of nitrogens with zero attached hydrogens (tertiary/aromatic N) is 1. The van der Waals surface area contributed by atoms with Crippen molar-refractivity contribution in [1.29, 1.82) is 0 Å². The molecule has 15 nitrogen and oxygen atoms in total. The van der Waals surface area contributed by atoms with Crippen molar-refractivity contribution >= 4 is 28.3 Å². The molecule has 0 aliphatic carbocycles. The molecule has 250 valence electrons. The van der Waals surface area contributed by atoms with Crippen LogP contribution < -0.4 is 5.32 Å². The summed E-state index contributed by atoms with van der Waals surface area (Å²) < 4.78 is 50.2. The molecular formula is C26H48N2O13P2. The first kappa shape index (κ1) is 38.1. The van der Waals surface area contributed by atoms with E-state index >= 15 is 0 Å². The number of ether oxygens (including phenoxy) is 2. The van der Waals surface area contributed by atoms with Gasteiger partial charge in [-0.15, -0.1) is 0 Å². The van der Waals surface area contributed by atoms with Crippen molar-refractivity contribution in [2.75, 3.05) is 26.4 Å². The normalized spacial score (nSPS) is 31.0. The van der Waals surface area contributed by atoms with Crippen molar-refractivity contribution in [3.8, 4) is 0 Å². The number of phosphoric ester groups is 1. The summed E-state index contributed by atoms with van der Waals surface area (Å²) in [5, 5.41) is 32.6. The lowest BCUT2D eigenvalue weighted by Gasteiger charge is -2.42. The minimum atomic E-state index is -4.37. The van der Waals surface area contributed by atoms with Crippen molar-refractivity contribution in [2.45, 2.75) is 116 Å². The number of phosphoric acid groups is 1. The Balaban J connectivity index is 1.89. The Morgan fingerprint density at radius 2 is 1.86 bits per heavy atom. The monoisotopic (exact) mass is 658 g/mol. The van der Waals surface area contributed by atoms with Gasteiger partial charge in [0.2, 0.25) is 11.8 Å². The number of likely N-dealkylation sites (tertiary alicyclic amines) is 1. The van der Waals surface area contributed by atoms with Gasteiger partial charge in [0.05, 0.1) is 37.6 Å². The molecule has 10 atom stereocenters. The highest BCUT2D eigenvalue weighted by atomic mass is 31.2. The molecule has 0 bridgehead atoms. The van der Waals surface area contributed by atoms with Gasteiger partial charge in [-0.05, 0) is 51.9 Å². The molecule has 0 radical (unpaired) electrons. The Morgan fingerprint density at radius 3 is 2.44 bits per heavy atom. The third-order valence-electron chi connectivity index (χ3n) is 7.16. The van der Waals surface area contributed by atoms with Crippen LogP contribution in [0.3, 0.4) is 0 Å². The predicted molar refractivity (Wildman–Crippen MR) is 153 cm³/mol. The Labute approximate surface area is 254 Å². The Hall–Kier alpha value is -1.09. The molecule has 5 N–H and O–H groups in total. The third kappa shape index (κ3) is 12.7. The Morgan fingerprint density at radius 1 is 1.19 bits per heavy atom. The zero-order valence-electron chi connectivity index (χ0n) is 25.7. The summed E-state index contributed by atoms with van der Waals surface area (Å²) in [4.78, 5) is 36.3. The van der Waals surface area contributed by atoms with E-state index < -0.39 is 77.4 Å². The number of hydrogen-bond donors (Lipinski definition) is 5. The van der Waals surface area contributed by atoms with Crippen LogP contribution in [0.15, 0.2) is 0 Å². The van der Waals surface area contributed by atoms with E-state index in [1.165, 1.54) is 11.8 Å². The zero-order valence-corrected chi connectivity index (χ0v) is 27.4. The molecule has 17 heteroatoms. The molecule has 2 saturated heterocycles. The molecule has 0 saturated carbocycles. The van der Waals surface area contributed by atoms with E-state index in [0.717, 1.165) is 0 Å². The number of rotatable bonds is 16. The summed E-state index contributed by atoms with van der Waals surface area (Å²) in [6, 6.07) is -1.59. The lowest BCUT2D eigenvalue weighted by molar-refractivity contribution is -0.272. The van der Waals surface area contributed by atoms with Gasteiger partial charge in [-0.25, -0.2) is 9.13 Å². The van der Waals surface area contributed by atoms with Gasteiger partial charge in [0.1, 0.15) is 24.4 Å². The molecule has 2 amide bonds. The second-order valence-corrected chi connectivity index (χ2v) is 14.2. The SMILES string of the molecule is CC(=O)NC1C(OCC(C)CC(C)CCC(=O)N2C[C@H](OP=O)C[C@H]2COP(=O)(O)OC(C)(C)C)OC(CO)C(O)C1O. The van der Waals surface area contributed by atoms with Gasteiger partial charge in [0, 0.05) is 19.9 Å². The highest BCUT2D eigenvalue weighted by molar-refractivity contribution is 7.47. The van der Waals surface area contributed by atoms with Crippen LogP contribution in [0.1, 0.15) is 67.2 Å². The van der Waals surface area contributed by atoms with Gasteiger partial charge in [-0.3, -0.25) is 23.2 Å². The van der Waals surface area contributed by atoms with Crippen LogP contribution in [-0.2, 0) is 41.8 Å². The van der Waals surface area contributed by atoms with Gasteiger partial charge < -0.3 is 39.9 Å². The summed E-state index contributed by atoms with van der Waals surface area (Å²) in [5.74, 6) is -0.547. The third-order valence-corrected chi connectivity index (χ3v) is 8.80. The molecule has 0 aromatic carbocycles. The van der Waals surface area contributed by atoms with E-state index in [2.05, 4.69) is 5.32 Å². The molecule has 0 spiro atoms. The number of aliphatic hydroxyl groups is 3. The number of amides is 2. The first-order valence-corrected chi connectivity index (χ1v) is 16.7. The van der Waals surface area contributed by atoms with Crippen LogP contribution in [0, 0.1) is 11.8 Å². The summed E-state index contributed by atoms with van der Waals surface area (Å²) >= 11 is 0. The molecule has 2 aliphatic rings. The van der Waals surface area contributed by atoms with Crippen LogP contribution in [0.25, 0.3) is 0 Å². The first-order valence-electron chi connectivity index (χ1n) is 14.4. The number of aliphatic hydroxyl groups excluding tert-OH is 3. The molecule has 2 heterocycles. The predicted octanol–water partition coefficient (Wildman–Crippen LogP) is 1.51. The highest BCUT2D eigenvalue weighted by Crippen LogP contribution is 2.47. The van der Waals surface area contributed by atoms with E-state index in [-0.39, 0.29) is 50.3 Å². The summed E-state index contributed by atoms with van der Waals surface area (Å²) in [6.07, 6.45) is -3.77. The second kappa shape index (κ2) is 17.0. The molecule has 43 heavy (non-hydrogen) atoms. The molecular weight excluding hydrogens is 610 g/mol. The summed E-state index contributed by atoms with van der Waals surface area (Å²) in [6.45, 7) is 9.61. The maximum atomic E-state index is 13.2. The number of nitrogens with one attached hydrogen (secondary N) is 1. The van der Waals surface area contributed by atoms with Crippen molar-refractivity contribution in [3.63, 3.8) is 0 Å². The van der Waals surface area contributed by atoms with Gasteiger partial charge in [0.15, 0.2) is 6.29 Å². The maximum absolute atomic E-state index is 13.2. The zero-order chi connectivity index (χ0) is 32.5. The van der Waals surface area contributed by atoms with Crippen molar-refractivity contribution < 1.29 is 62.0 Å². The molecule has 2 aliphatic heterocycles. The van der Waals surface area contributed by atoms with Gasteiger partial charge in [0.25, 0.3) is 0 Å². The van der Waals surface area contributed by atoms with E-state index in [1.807, 2.05) is 13.8 Å². The Bertz CT molecular complexity index is 968. The largest absolute Gasteiger partial charge is 0.472 e. The fourth-order valence-electron chi connectivity index (χ4n) is 5.29. The molecule has 0 aromatic heterocycles. The van der Waals surface area contributed by atoms with Crippen LogP contribution >= 0.6 is 16.5 Å². The Kier molecular flexibility index (Phi) is 15.1. The van der Waals surface area contributed by atoms with Crippen molar-refractivity contribution in [1.82, 2.24) is 10.2 Å². The summed E-state index contributed by atoms with van der Waals surface area (Å²) in [5.41, 5.74) is -0.914. The van der Waals surface area contributed by atoms with Crippen molar-refractivity contribution in [3.05, 3.63) is 0 Å². The van der Waals surface area contributed by atoms with Crippen LogP contribution in [-0.4, -0.2) is 112 Å². The number of carbonyl (C=O) groups is 2. The maximum Gasteiger partial charge on any atom is 0.472 e. The minimum Gasteiger partial charge on any atom is -0.394 e. The van der Waals surface area contributed by atoms with E-state index in [9.17, 15) is 38.9 Å². The summed E-state index contributed by atoms with van der Waals surface area (Å²) in [7, 11) is -4.89. The molecule has 0 aromatic rings. The van der Waals surface area contributed by atoms with E-state index in [4.69, 9.17) is 23.0 Å². The molecule has 8 unspecified atom stereocenters. The van der Waals surface area contributed by atoms with Crippen LogP contribution in [0.4, 0.5) is 0 Å². The fourth-order valence-corrected chi connectivity index (χ4v) is 6.67. The van der Waals surface area contributed by atoms with E-state index in [0.29, 0.717) is 12.8 Å². The smallest absolute Gasteiger partial charge is 0.394 e. The average Bonchev–Trinajstić information content (AvgIpc) is 3.30. The van der Waals surface area contributed by atoms with E-state index in [1.54, 1.807) is 20.8 Å². The second-order valence-electron chi connectivity index (χ2n) is 12.5. The first-order chi connectivity index (χ1) is 20.0. The number of carbonyl (C=O) groups excluding carboxylic acids is 2. The lowest BCUT2D eigenvalue weighted by atomic mass is 9.93. The molecule has 2 rings (SSSR count). The van der Waals surface area contributed by atoms with Crippen molar-refractivity contribution in [2.24, 2.45) is 11.8 Å². The van der Waals surface area contributed by atoms with Gasteiger partial charge in [-0.2, -0.15) is 0 Å². The van der Waals surface area contributed by atoms with Gasteiger partial charge >= 0.3 is 16.5 Å². The minimum absolute atomic E-state index is 0.00783. The fraction of sp³-hybridized carbons (Fsp3) is 0.923. The van der Waals surface area contributed by atoms with Crippen LogP contribution in [0.2, 0.25) is 0 Å². The standard InChI is InChI=1S/C26H48N2O13P2/c1-15(9-16(2)13-37-25-22(27-17(3)30)24(33)23(32)20(12-29)39-25)7-8-21(31)28-11-19(40-42-34)10-18(28)14-38-43(35,36)41-26(4,5)6/h15-16,18-20,22-25,29,32-33H,7-14H2,1-6H3,(H,27,30)(H,35,36)/t15?,16?,18-,19+,20?,22?,23?,24?,25?/m0/s1. The molecule has 2 fully saturated rings. The van der Waals surface area contributed by atoms with Gasteiger partial charge in [-0.1, -0.05) is 13.8 Å². The topological polar surface area (TPSA) is 211 Å².